The zero-order chi connectivity index (χ0) is 19.5. The Labute approximate surface area is 160 Å². The highest BCUT2D eigenvalue weighted by atomic mass is 16.4. The Morgan fingerprint density at radius 2 is 1.54 bits per heavy atom. The molecule has 0 bridgehead atoms. The lowest BCUT2D eigenvalue weighted by Crippen LogP contribution is -2.22. The summed E-state index contributed by atoms with van der Waals surface area (Å²) >= 11 is 0. The molecule has 0 aliphatic carbocycles. The average molecular weight is 368 g/mol. The first kappa shape index (κ1) is 17.4. The van der Waals surface area contributed by atoms with E-state index in [1.807, 2.05) is 54.6 Å². The molecule has 136 valence electrons. The summed E-state index contributed by atoms with van der Waals surface area (Å²) in [5.74, 6) is -0.471. The third-order valence-corrected chi connectivity index (χ3v) is 4.40. The fraction of sp³-hybridized carbons (Fsp3) is 0. The van der Waals surface area contributed by atoms with Crippen LogP contribution in [0.5, 0.6) is 0 Å². The van der Waals surface area contributed by atoms with Crippen molar-refractivity contribution in [3.63, 3.8) is 0 Å². The minimum Gasteiger partial charge on any atom is -0.478 e. The molecule has 0 aliphatic rings. The summed E-state index contributed by atoms with van der Waals surface area (Å²) in [4.78, 5) is 28.7. The largest absolute Gasteiger partial charge is 0.478 e. The maximum Gasteiger partial charge on any atom is 0.335 e. The summed E-state index contributed by atoms with van der Waals surface area (Å²) in [6.07, 6.45) is 3.57. The van der Waals surface area contributed by atoms with Crippen LogP contribution in [0.3, 0.4) is 0 Å². The second-order valence-corrected chi connectivity index (χ2v) is 6.22. The molecule has 0 radical (unpaired) electrons. The minimum absolute atomic E-state index is 0.141. The topological polar surface area (TPSA) is 72.2 Å². The van der Waals surface area contributed by atoms with Crippen molar-refractivity contribution in [3.8, 4) is 5.69 Å². The molecule has 4 rings (SSSR count). The molecular formula is C23H16N2O3. The summed E-state index contributed by atoms with van der Waals surface area (Å²) in [7, 11) is 0. The van der Waals surface area contributed by atoms with Gasteiger partial charge in [0.1, 0.15) is 5.82 Å². The van der Waals surface area contributed by atoms with Gasteiger partial charge in [-0.1, -0.05) is 48.5 Å². The van der Waals surface area contributed by atoms with Gasteiger partial charge in [0.15, 0.2) is 0 Å². The average Bonchev–Trinajstić information content (AvgIpc) is 2.73. The molecule has 3 aromatic carbocycles. The molecule has 0 saturated heterocycles. The van der Waals surface area contributed by atoms with Crippen molar-refractivity contribution in [1.29, 1.82) is 0 Å². The number of para-hydroxylation sites is 2. The quantitative estimate of drug-likeness (QED) is 0.584. The monoisotopic (exact) mass is 368 g/mol. The standard InChI is InChI=1S/C23H16N2O3/c26-22-19-8-4-5-9-20(19)24-21(25(22)18-6-2-1-3-7-18)15-12-16-10-13-17(14-11-16)23(27)28/h1-15H,(H,27,28). The molecule has 0 aliphatic heterocycles. The normalized spacial score (nSPS) is 11.1. The zero-order valence-electron chi connectivity index (χ0n) is 14.8. The Bertz CT molecular complexity index is 1240. The summed E-state index contributed by atoms with van der Waals surface area (Å²) in [6, 6.07) is 23.1. The number of nitrogens with zero attached hydrogens (tertiary/aromatic N) is 2. The molecular weight excluding hydrogens is 352 g/mol. The Hall–Kier alpha value is -3.99. The molecule has 5 heteroatoms. The highest BCUT2D eigenvalue weighted by Crippen LogP contribution is 2.15. The predicted octanol–water partition coefficient (Wildman–Crippen LogP) is 4.25. The van der Waals surface area contributed by atoms with Gasteiger partial charge in [0.05, 0.1) is 22.2 Å². The number of benzene rings is 3. The zero-order valence-corrected chi connectivity index (χ0v) is 14.8. The molecule has 0 saturated carbocycles. The van der Waals surface area contributed by atoms with Crippen LogP contribution in [0.15, 0.2) is 83.7 Å². The molecule has 28 heavy (non-hydrogen) atoms. The smallest absolute Gasteiger partial charge is 0.335 e. The molecule has 1 aromatic heterocycles. The number of aromatic carboxylic acids is 1. The van der Waals surface area contributed by atoms with Gasteiger partial charge >= 0.3 is 5.97 Å². The van der Waals surface area contributed by atoms with Crippen LogP contribution in [-0.2, 0) is 0 Å². The lowest BCUT2D eigenvalue weighted by Gasteiger charge is -2.11. The molecule has 1 heterocycles. The van der Waals surface area contributed by atoms with E-state index in [9.17, 15) is 9.59 Å². The SMILES string of the molecule is O=C(O)c1ccc(C=Cc2nc3ccccc3c(=O)n2-c2ccccc2)cc1. The molecule has 4 aromatic rings. The second kappa shape index (κ2) is 7.32. The highest BCUT2D eigenvalue weighted by molar-refractivity contribution is 5.88. The van der Waals surface area contributed by atoms with Gasteiger partial charge in [0.25, 0.3) is 5.56 Å². The molecule has 0 spiro atoms. The van der Waals surface area contributed by atoms with Crippen LogP contribution >= 0.6 is 0 Å². The summed E-state index contributed by atoms with van der Waals surface area (Å²) in [5, 5.41) is 9.56. The van der Waals surface area contributed by atoms with Gasteiger partial charge in [0.2, 0.25) is 0 Å². The van der Waals surface area contributed by atoms with Gasteiger partial charge in [-0.05, 0) is 48.0 Å². The summed E-state index contributed by atoms with van der Waals surface area (Å²) in [6.45, 7) is 0. The minimum atomic E-state index is -0.968. The van der Waals surface area contributed by atoms with Crippen molar-refractivity contribution in [1.82, 2.24) is 9.55 Å². The number of carbonyl (C=O) groups is 1. The fourth-order valence-electron chi connectivity index (χ4n) is 3.00. The van der Waals surface area contributed by atoms with E-state index in [0.29, 0.717) is 16.7 Å². The molecule has 0 unspecified atom stereocenters. The van der Waals surface area contributed by atoms with Gasteiger partial charge in [-0.2, -0.15) is 0 Å². The molecule has 5 nitrogen and oxygen atoms in total. The van der Waals surface area contributed by atoms with Gasteiger partial charge in [-0.3, -0.25) is 9.36 Å². The molecule has 1 N–H and O–H groups in total. The third kappa shape index (κ3) is 3.33. The molecule has 0 fully saturated rings. The number of carboxylic acid groups (broad SMARTS) is 1. The number of fused-ring (bicyclic) bond motifs is 1. The van der Waals surface area contributed by atoms with Gasteiger partial charge in [-0.25, -0.2) is 9.78 Å². The van der Waals surface area contributed by atoms with Gasteiger partial charge < -0.3 is 5.11 Å². The van der Waals surface area contributed by atoms with Crippen LogP contribution in [0.4, 0.5) is 0 Å². The van der Waals surface area contributed by atoms with Crippen molar-refractivity contribution in [3.05, 3.63) is 106 Å². The fourth-order valence-corrected chi connectivity index (χ4v) is 3.00. The van der Waals surface area contributed by atoms with E-state index in [1.54, 1.807) is 41.0 Å². The number of aromatic nitrogens is 2. The first-order valence-corrected chi connectivity index (χ1v) is 8.72. The lowest BCUT2D eigenvalue weighted by atomic mass is 10.1. The van der Waals surface area contributed by atoms with Gasteiger partial charge in [-0.15, -0.1) is 0 Å². The van der Waals surface area contributed by atoms with E-state index in [2.05, 4.69) is 4.98 Å². The van der Waals surface area contributed by atoms with E-state index in [1.165, 1.54) is 0 Å². The van der Waals surface area contributed by atoms with E-state index >= 15 is 0 Å². The maximum absolute atomic E-state index is 13.1. The van der Waals surface area contributed by atoms with E-state index in [0.717, 1.165) is 11.3 Å². The van der Waals surface area contributed by atoms with Crippen LogP contribution in [0.25, 0.3) is 28.7 Å². The van der Waals surface area contributed by atoms with Crippen LogP contribution < -0.4 is 5.56 Å². The van der Waals surface area contributed by atoms with Crippen LogP contribution in [0.1, 0.15) is 21.7 Å². The Morgan fingerprint density at radius 1 is 0.857 bits per heavy atom. The third-order valence-electron chi connectivity index (χ3n) is 4.40. The summed E-state index contributed by atoms with van der Waals surface area (Å²) in [5.41, 5.74) is 2.25. The number of carboxylic acids is 1. The Kier molecular flexibility index (Phi) is 4.56. The Balaban J connectivity index is 1.85. The van der Waals surface area contributed by atoms with Gasteiger partial charge in [0, 0.05) is 0 Å². The molecule has 0 atom stereocenters. The lowest BCUT2D eigenvalue weighted by molar-refractivity contribution is 0.0697. The van der Waals surface area contributed by atoms with Crippen molar-refractivity contribution >= 4 is 29.0 Å². The van der Waals surface area contributed by atoms with E-state index < -0.39 is 5.97 Å². The van der Waals surface area contributed by atoms with Crippen LogP contribution in [0, 0.1) is 0 Å². The van der Waals surface area contributed by atoms with Crippen molar-refractivity contribution < 1.29 is 9.90 Å². The van der Waals surface area contributed by atoms with Crippen molar-refractivity contribution in [2.24, 2.45) is 0 Å². The van der Waals surface area contributed by atoms with Crippen molar-refractivity contribution in [2.45, 2.75) is 0 Å². The van der Waals surface area contributed by atoms with Crippen LogP contribution in [-0.4, -0.2) is 20.6 Å². The Morgan fingerprint density at radius 3 is 2.25 bits per heavy atom. The van der Waals surface area contributed by atoms with Crippen molar-refractivity contribution in [2.75, 3.05) is 0 Å². The number of hydrogen-bond acceptors (Lipinski definition) is 3. The maximum atomic E-state index is 13.1. The highest BCUT2D eigenvalue weighted by Gasteiger charge is 2.10. The predicted molar refractivity (Wildman–Crippen MR) is 110 cm³/mol. The first-order valence-electron chi connectivity index (χ1n) is 8.72. The number of hydrogen-bond donors (Lipinski definition) is 1. The summed E-state index contributed by atoms with van der Waals surface area (Å²) < 4.78 is 1.57. The van der Waals surface area contributed by atoms with E-state index in [-0.39, 0.29) is 11.1 Å². The first-order chi connectivity index (χ1) is 13.6. The van der Waals surface area contributed by atoms with E-state index in [4.69, 9.17) is 5.11 Å². The second-order valence-electron chi connectivity index (χ2n) is 6.22. The number of rotatable bonds is 4. The molecule has 0 amide bonds. The van der Waals surface area contributed by atoms with Crippen LogP contribution in [0.2, 0.25) is 0 Å².